The van der Waals surface area contributed by atoms with E-state index in [-0.39, 0.29) is 35.7 Å². The van der Waals surface area contributed by atoms with Crippen molar-refractivity contribution in [2.75, 3.05) is 29.9 Å². The molecule has 2 aromatic carbocycles. The molecule has 1 saturated heterocycles. The molecule has 0 aliphatic carbocycles. The van der Waals surface area contributed by atoms with Crippen LogP contribution in [0.1, 0.15) is 18.4 Å². The fraction of sp³-hybridized carbons (Fsp3) is 0.333. The van der Waals surface area contributed by atoms with Crippen LogP contribution in [0.5, 0.6) is 0 Å². The van der Waals surface area contributed by atoms with Gasteiger partial charge in [0, 0.05) is 23.1 Å². The minimum absolute atomic E-state index is 0.0761. The number of fused-ring (bicyclic) bond motifs is 1. The van der Waals surface area contributed by atoms with Crippen LogP contribution in [0.2, 0.25) is 10.0 Å². The number of halogens is 2. The van der Waals surface area contributed by atoms with Gasteiger partial charge in [0.25, 0.3) is 0 Å². The van der Waals surface area contributed by atoms with E-state index in [2.05, 4.69) is 5.32 Å². The molecule has 31 heavy (non-hydrogen) atoms. The number of carbonyl (C=O) groups is 2. The highest BCUT2D eigenvalue weighted by Crippen LogP contribution is 2.32. The van der Waals surface area contributed by atoms with Gasteiger partial charge in [-0.3, -0.25) is 9.59 Å². The lowest BCUT2D eigenvalue weighted by molar-refractivity contribution is -0.125. The van der Waals surface area contributed by atoms with Crippen LogP contribution in [-0.2, 0) is 25.4 Å². The molecular formula is C21H21Cl2N3O4S. The molecule has 1 atom stereocenters. The summed E-state index contributed by atoms with van der Waals surface area (Å²) in [5, 5.41) is 3.48. The van der Waals surface area contributed by atoms with Crippen LogP contribution in [-0.4, -0.2) is 44.2 Å². The van der Waals surface area contributed by atoms with Gasteiger partial charge in [0.1, 0.15) is 6.54 Å². The maximum Gasteiger partial charge on any atom is 0.244 e. The number of hydrogen-bond acceptors (Lipinski definition) is 4. The summed E-state index contributed by atoms with van der Waals surface area (Å²) in [4.78, 5) is 26.8. The predicted octanol–water partition coefficient (Wildman–Crippen LogP) is 3.52. The van der Waals surface area contributed by atoms with Gasteiger partial charge >= 0.3 is 0 Å². The van der Waals surface area contributed by atoms with E-state index in [0.29, 0.717) is 41.3 Å². The van der Waals surface area contributed by atoms with Gasteiger partial charge in [-0.2, -0.15) is 0 Å². The Balaban J connectivity index is 1.52. The predicted molar refractivity (Wildman–Crippen MR) is 121 cm³/mol. The normalized spacial score (nSPS) is 19.6. The molecule has 164 valence electrons. The Morgan fingerprint density at radius 3 is 2.71 bits per heavy atom. The number of amides is 2. The average molecular weight is 482 g/mol. The van der Waals surface area contributed by atoms with E-state index in [4.69, 9.17) is 23.2 Å². The number of para-hydroxylation sites is 2. The van der Waals surface area contributed by atoms with E-state index >= 15 is 0 Å². The van der Waals surface area contributed by atoms with Gasteiger partial charge in [-0.25, -0.2) is 12.7 Å². The number of benzene rings is 2. The number of nitrogens with zero attached hydrogens (tertiary/aromatic N) is 2. The first-order valence-electron chi connectivity index (χ1n) is 9.86. The van der Waals surface area contributed by atoms with E-state index in [0.717, 1.165) is 0 Å². The van der Waals surface area contributed by atoms with Gasteiger partial charge in [-0.15, -0.1) is 0 Å². The number of piperidine rings is 1. The molecule has 2 amide bonds. The van der Waals surface area contributed by atoms with E-state index in [1.165, 1.54) is 15.3 Å². The van der Waals surface area contributed by atoms with Crippen molar-refractivity contribution >= 4 is 56.4 Å². The maximum atomic E-state index is 13.3. The molecular weight excluding hydrogens is 461 g/mol. The fourth-order valence-corrected chi connectivity index (χ4v) is 6.17. The molecule has 10 heteroatoms. The molecule has 0 bridgehead atoms. The largest absolute Gasteiger partial charge is 0.323 e. The molecule has 0 unspecified atom stereocenters. The zero-order chi connectivity index (χ0) is 22.2. The molecule has 7 nitrogen and oxygen atoms in total. The molecule has 1 fully saturated rings. The van der Waals surface area contributed by atoms with E-state index < -0.39 is 15.9 Å². The second kappa shape index (κ2) is 8.78. The van der Waals surface area contributed by atoms with Crippen LogP contribution >= 0.6 is 23.2 Å². The SMILES string of the molecule is O=C1CN(C(=O)[C@H]2CCCN(S(=O)(=O)Cc3ccc(Cl)cc3Cl)C2)c2ccccc2N1. The molecule has 0 spiro atoms. The smallest absolute Gasteiger partial charge is 0.244 e. The van der Waals surface area contributed by atoms with E-state index in [1.807, 2.05) is 0 Å². The number of anilines is 2. The molecule has 2 aliphatic heterocycles. The summed E-state index contributed by atoms with van der Waals surface area (Å²) < 4.78 is 27.4. The summed E-state index contributed by atoms with van der Waals surface area (Å²) in [6.07, 6.45) is 1.12. The Hall–Kier alpha value is -2.13. The van der Waals surface area contributed by atoms with Crippen molar-refractivity contribution < 1.29 is 18.0 Å². The lowest BCUT2D eigenvalue weighted by atomic mass is 9.97. The molecule has 2 heterocycles. The lowest BCUT2D eigenvalue weighted by Crippen LogP contribution is -2.50. The van der Waals surface area contributed by atoms with Crippen molar-refractivity contribution in [3.05, 3.63) is 58.1 Å². The third-order valence-corrected chi connectivity index (χ3v) is 7.90. The van der Waals surface area contributed by atoms with Crippen LogP contribution in [0.15, 0.2) is 42.5 Å². The van der Waals surface area contributed by atoms with Gasteiger partial charge in [-0.1, -0.05) is 41.4 Å². The Morgan fingerprint density at radius 2 is 1.94 bits per heavy atom. The van der Waals surface area contributed by atoms with Gasteiger partial charge in [-0.05, 0) is 42.7 Å². The first-order valence-corrected chi connectivity index (χ1v) is 12.2. The molecule has 0 saturated carbocycles. The third kappa shape index (κ3) is 4.72. The first kappa shape index (κ1) is 22.1. The summed E-state index contributed by atoms with van der Waals surface area (Å²) in [6.45, 7) is 0.334. The van der Waals surface area contributed by atoms with Crippen molar-refractivity contribution in [1.29, 1.82) is 0 Å². The quantitative estimate of drug-likeness (QED) is 0.723. The Bertz CT molecular complexity index is 1140. The molecule has 0 radical (unpaired) electrons. The Morgan fingerprint density at radius 1 is 1.16 bits per heavy atom. The van der Waals surface area contributed by atoms with Crippen molar-refractivity contribution in [1.82, 2.24) is 4.31 Å². The first-order chi connectivity index (χ1) is 14.7. The fourth-order valence-electron chi connectivity index (χ4n) is 3.97. The van der Waals surface area contributed by atoms with Gasteiger partial charge < -0.3 is 10.2 Å². The zero-order valence-corrected chi connectivity index (χ0v) is 18.9. The highest BCUT2D eigenvalue weighted by Gasteiger charge is 2.37. The molecule has 2 aromatic rings. The van der Waals surface area contributed by atoms with Crippen molar-refractivity contribution in [2.24, 2.45) is 5.92 Å². The summed E-state index contributed by atoms with van der Waals surface area (Å²) in [6, 6.07) is 11.8. The minimum Gasteiger partial charge on any atom is -0.323 e. The number of hydrogen-bond donors (Lipinski definition) is 1. The van der Waals surface area contributed by atoms with E-state index in [9.17, 15) is 18.0 Å². The monoisotopic (exact) mass is 481 g/mol. The zero-order valence-electron chi connectivity index (χ0n) is 16.6. The molecule has 2 aliphatic rings. The molecule has 0 aromatic heterocycles. The van der Waals surface area contributed by atoms with Crippen LogP contribution in [0.25, 0.3) is 0 Å². The highest BCUT2D eigenvalue weighted by molar-refractivity contribution is 7.88. The molecule has 1 N–H and O–H groups in total. The second-order valence-electron chi connectivity index (χ2n) is 7.68. The third-order valence-electron chi connectivity index (χ3n) is 5.52. The van der Waals surface area contributed by atoms with Crippen LogP contribution in [0.4, 0.5) is 11.4 Å². The van der Waals surface area contributed by atoms with Gasteiger partial charge in [0.05, 0.1) is 23.0 Å². The summed E-state index contributed by atoms with van der Waals surface area (Å²) in [7, 11) is -3.68. The lowest BCUT2D eigenvalue weighted by Gasteiger charge is -2.36. The summed E-state index contributed by atoms with van der Waals surface area (Å²) in [5.41, 5.74) is 1.66. The van der Waals surface area contributed by atoms with Crippen LogP contribution < -0.4 is 10.2 Å². The standard InChI is InChI=1S/C21H21Cl2N3O4S/c22-16-8-7-15(17(23)10-16)13-31(29,30)25-9-3-4-14(11-25)21(28)26-12-20(27)24-18-5-1-2-6-19(18)26/h1-2,5-8,10,14H,3-4,9,11-13H2,(H,24,27)/t14-/m0/s1. The summed E-state index contributed by atoms with van der Waals surface area (Å²) in [5.74, 6) is -1.31. The van der Waals surface area contributed by atoms with E-state index in [1.54, 1.807) is 36.4 Å². The number of nitrogens with one attached hydrogen (secondary N) is 1. The average Bonchev–Trinajstić information content (AvgIpc) is 2.74. The second-order valence-corrected chi connectivity index (χ2v) is 10.5. The summed E-state index contributed by atoms with van der Waals surface area (Å²) >= 11 is 12.0. The van der Waals surface area contributed by atoms with Crippen molar-refractivity contribution in [3.8, 4) is 0 Å². The van der Waals surface area contributed by atoms with Crippen LogP contribution in [0, 0.1) is 5.92 Å². The topological polar surface area (TPSA) is 86.8 Å². The number of rotatable bonds is 4. The molecule has 4 rings (SSSR count). The van der Waals surface area contributed by atoms with Crippen molar-refractivity contribution in [2.45, 2.75) is 18.6 Å². The maximum absolute atomic E-state index is 13.3. The van der Waals surface area contributed by atoms with Crippen molar-refractivity contribution in [3.63, 3.8) is 0 Å². The number of carbonyl (C=O) groups excluding carboxylic acids is 2. The van der Waals surface area contributed by atoms with Gasteiger partial charge in [0.15, 0.2) is 0 Å². The Kier molecular flexibility index (Phi) is 6.25. The Labute approximate surface area is 191 Å². The minimum atomic E-state index is -3.68. The highest BCUT2D eigenvalue weighted by atomic mass is 35.5. The number of sulfonamides is 1. The van der Waals surface area contributed by atoms with Gasteiger partial charge in [0.2, 0.25) is 21.8 Å². The van der Waals surface area contributed by atoms with Crippen LogP contribution in [0.3, 0.4) is 0 Å².